The van der Waals surface area contributed by atoms with E-state index in [1.165, 1.54) is 25.7 Å². The summed E-state index contributed by atoms with van der Waals surface area (Å²) in [5, 5.41) is 14.6. The zero-order valence-corrected chi connectivity index (χ0v) is 10.8. The Balaban J connectivity index is 1.62. The fourth-order valence-corrected chi connectivity index (χ4v) is 3.11. The van der Waals surface area contributed by atoms with Crippen LogP contribution in [-0.4, -0.2) is 34.2 Å². The number of aromatic nitrogens is 2. The average molecular weight is 250 g/mol. The van der Waals surface area contributed by atoms with Crippen molar-refractivity contribution in [2.24, 2.45) is 5.92 Å². The average Bonchev–Trinajstić information content (AvgIpc) is 3.02. The Kier molecular flexibility index (Phi) is 3.66. The van der Waals surface area contributed by atoms with E-state index in [1.54, 1.807) is 0 Å². The number of nitrogens with zero attached hydrogens (tertiary/aromatic N) is 2. The maximum atomic E-state index is 9.93. The van der Waals surface area contributed by atoms with Gasteiger partial charge in [-0.25, -0.2) is 0 Å². The fourth-order valence-electron chi connectivity index (χ4n) is 3.11. The number of ether oxygens (including phenoxy) is 1. The molecule has 1 aliphatic carbocycles. The van der Waals surface area contributed by atoms with Gasteiger partial charge in [0.15, 0.2) is 0 Å². The van der Waals surface area contributed by atoms with Gasteiger partial charge >= 0.3 is 0 Å². The molecule has 1 saturated carbocycles. The van der Waals surface area contributed by atoms with Crippen molar-refractivity contribution < 1.29 is 9.84 Å². The Hall–Kier alpha value is -0.870. The van der Waals surface area contributed by atoms with Gasteiger partial charge in [-0.2, -0.15) is 5.10 Å². The van der Waals surface area contributed by atoms with Crippen LogP contribution in [0.15, 0.2) is 12.3 Å². The van der Waals surface area contributed by atoms with Gasteiger partial charge < -0.3 is 9.84 Å². The molecule has 0 aromatic carbocycles. The van der Waals surface area contributed by atoms with E-state index in [0.717, 1.165) is 18.5 Å². The molecule has 2 aliphatic rings. The van der Waals surface area contributed by atoms with E-state index in [4.69, 9.17) is 4.74 Å². The number of hydrogen-bond acceptors (Lipinski definition) is 3. The number of rotatable bonds is 3. The summed E-state index contributed by atoms with van der Waals surface area (Å²) in [5.74, 6) is 0.214. The molecule has 2 unspecified atom stereocenters. The van der Waals surface area contributed by atoms with Crippen molar-refractivity contribution in [2.45, 2.75) is 50.7 Å². The molecule has 1 aromatic rings. The molecule has 0 bridgehead atoms. The quantitative estimate of drug-likeness (QED) is 0.891. The predicted molar refractivity (Wildman–Crippen MR) is 68.4 cm³/mol. The molecule has 100 valence electrons. The highest BCUT2D eigenvalue weighted by Crippen LogP contribution is 2.29. The number of hydrogen-bond donors (Lipinski definition) is 1. The van der Waals surface area contributed by atoms with Crippen LogP contribution in [0, 0.1) is 5.92 Å². The predicted octanol–water partition coefficient (Wildman–Crippen LogP) is 1.94. The Morgan fingerprint density at radius 2 is 2.17 bits per heavy atom. The van der Waals surface area contributed by atoms with E-state index in [9.17, 15) is 5.11 Å². The maximum absolute atomic E-state index is 9.93. The molecule has 3 rings (SSSR count). The lowest BCUT2D eigenvalue weighted by atomic mass is 9.94. The molecule has 0 amide bonds. The lowest BCUT2D eigenvalue weighted by Crippen LogP contribution is -2.33. The minimum Gasteiger partial charge on any atom is -0.393 e. The smallest absolute Gasteiger partial charge is 0.0629 e. The first-order chi connectivity index (χ1) is 8.83. The maximum Gasteiger partial charge on any atom is 0.0629 e. The molecule has 4 nitrogen and oxygen atoms in total. The SMILES string of the molecule is OC1CCOCC1Cc1ccn(C2CCCC2)n1. The fraction of sp³-hybridized carbons (Fsp3) is 0.786. The molecule has 18 heavy (non-hydrogen) atoms. The van der Waals surface area contributed by atoms with Gasteiger partial charge in [-0.05, 0) is 31.7 Å². The summed E-state index contributed by atoms with van der Waals surface area (Å²) < 4.78 is 7.56. The first-order valence-electron chi connectivity index (χ1n) is 7.13. The van der Waals surface area contributed by atoms with Crippen LogP contribution in [-0.2, 0) is 11.2 Å². The molecular formula is C14H22N2O2. The van der Waals surface area contributed by atoms with Crippen LogP contribution in [0.4, 0.5) is 0 Å². The van der Waals surface area contributed by atoms with Crippen LogP contribution in [0.2, 0.25) is 0 Å². The van der Waals surface area contributed by atoms with Crippen molar-refractivity contribution >= 4 is 0 Å². The summed E-state index contributed by atoms with van der Waals surface area (Å²) in [4.78, 5) is 0. The topological polar surface area (TPSA) is 47.3 Å². The second-order valence-corrected chi connectivity index (χ2v) is 5.62. The van der Waals surface area contributed by atoms with Crippen molar-refractivity contribution in [1.82, 2.24) is 9.78 Å². The standard InChI is InChI=1S/C14H22N2O2/c17-14-6-8-18-10-11(14)9-12-5-7-16(15-12)13-3-1-2-4-13/h5,7,11,13-14,17H,1-4,6,8-10H2. The van der Waals surface area contributed by atoms with Crippen LogP contribution in [0.5, 0.6) is 0 Å². The molecule has 1 aromatic heterocycles. The van der Waals surface area contributed by atoms with Gasteiger partial charge in [0.25, 0.3) is 0 Å². The zero-order chi connectivity index (χ0) is 12.4. The van der Waals surface area contributed by atoms with Crippen molar-refractivity contribution in [3.8, 4) is 0 Å². The van der Waals surface area contributed by atoms with Crippen LogP contribution in [0.3, 0.4) is 0 Å². The molecule has 1 N–H and O–H groups in total. The molecule has 1 aliphatic heterocycles. The van der Waals surface area contributed by atoms with E-state index < -0.39 is 0 Å². The molecule has 0 radical (unpaired) electrons. The highest BCUT2D eigenvalue weighted by molar-refractivity contribution is 5.02. The summed E-state index contributed by atoms with van der Waals surface area (Å²) in [7, 11) is 0. The second-order valence-electron chi connectivity index (χ2n) is 5.62. The lowest BCUT2D eigenvalue weighted by Gasteiger charge is -2.27. The lowest BCUT2D eigenvalue weighted by molar-refractivity contribution is -0.0354. The molecule has 0 spiro atoms. The van der Waals surface area contributed by atoms with Crippen LogP contribution < -0.4 is 0 Å². The van der Waals surface area contributed by atoms with Crippen LogP contribution in [0.1, 0.15) is 43.8 Å². The van der Waals surface area contributed by atoms with Gasteiger partial charge in [-0.15, -0.1) is 0 Å². The highest BCUT2D eigenvalue weighted by atomic mass is 16.5. The van der Waals surface area contributed by atoms with Crippen LogP contribution in [0.25, 0.3) is 0 Å². The first kappa shape index (κ1) is 12.2. The number of aliphatic hydroxyl groups excluding tert-OH is 1. The normalized spacial score (nSPS) is 29.8. The number of aliphatic hydroxyl groups is 1. The minimum absolute atomic E-state index is 0.214. The van der Waals surface area contributed by atoms with Gasteiger partial charge in [0.05, 0.1) is 24.4 Å². The summed E-state index contributed by atoms with van der Waals surface area (Å²) in [6.45, 7) is 1.35. The van der Waals surface area contributed by atoms with Gasteiger partial charge in [0, 0.05) is 18.7 Å². The van der Waals surface area contributed by atoms with Gasteiger partial charge in [0.2, 0.25) is 0 Å². The summed E-state index contributed by atoms with van der Waals surface area (Å²) in [6, 6.07) is 2.70. The van der Waals surface area contributed by atoms with Crippen LogP contribution >= 0.6 is 0 Å². The monoisotopic (exact) mass is 250 g/mol. The Labute approximate surface area is 108 Å². The molecule has 4 heteroatoms. The van der Waals surface area contributed by atoms with Crippen molar-refractivity contribution in [1.29, 1.82) is 0 Å². The zero-order valence-electron chi connectivity index (χ0n) is 10.8. The minimum atomic E-state index is -0.226. The third-order valence-corrected chi connectivity index (χ3v) is 4.27. The summed E-state index contributed by atoms with van der Waals surface area (Å²) in [6.07, 6.45) is 8.64. The van der Waals surface area contributed by atoms with Crippen molar-refractivity contribution in [3.63, 3.8) is 0 Å². The molecule has 2 heterocycles. The highest BCUT2D eigenvalue weighted by Gasteiger charge is 2.25. The van der Waals surface area contributed by atoms with Gasteiger partial charge in [-0.3, -0.25) is 4.68 Å². The van der Waals surface area contributed by atoms with E-state index in [-0.39, 0.29) is 12.0 Å². The van der Waals surface area contributed by atoms with E-state index in [1.807, 2.05) is 0 Å². The summed E-state index contributed by atoms with van der Waals surface area (Å²) >= 11 is 0. The van der Waals surface area contributed by atoms with E-state index in [0.29, 0.717) is 19.3 Å². The second kappa shape index (κ2) is 5.41. The van der Waals surface area contributed by atoms with Gasteiger partial charge in [0.1, 0.15) is 0 Å². The van der Waals surface area contributed by atoms with Crippen molar-refractivity contribution in [3.05, 3.63) is 18.0 Å². The molecular weight excluding hydrogens is 228 g/mol. The van der Waals surface area contributed by atoms with E-state index in [2.05, 4.69) is 22.0 Å². The van der Waals surface area contributed by atoms with Gasteiger partial charge in [-0.1, -0.05) is 12.8 Å². The van der Waals surface area contributed by atoms with Crippen molar-refractivity contribution in [2.75, 3.05) is 13.2 Å². The largest absolute Gasteiger partial charge is 0.393 e. The molecule has 1 saturated heterocycles. The van der Waals surface area contributed by atoms with E-state index >= 15 is 0 Å². The summed E-state index contributed by atoms with van der Waals surface area (Å²) in [5.41, 5.74) is 1.09. The Bertz CT molecular complexity index is 385. The molecule has 2 atom stereocenters. The molecule has 2 fully saturated rings. The first-order valence-corrected chi connectivity index (χ1v) is 7.13. The Morgan fingerprint density at radius 1 is 1.33 bits per heavy atom. The third kappa shape index (κ3) is 2.59. The Morgan fingerprint density at radius 3 is 2.94 bits per heavy atom. The third-order valence-electron chi connectivity index (χ3n) is 4.27.